The van der Waals surface area contributed by atoms with Gasteiger partial charge in [-0.25, -0.2) is 0 Å². The molecule has 2 aromatic heterocycles. The number of rotatable bonds is 13. The predicted molar refractivity (Wildman–Crippen MR) is 185 cm³/mol. The van der Waals surface area contributed by atoms with E-state index in [4.69, 9.17) is 0 Å². The second-order valence-electron chi connectivity index (χ2n) is 13.4. The van der Waals surface area contributed by atoms with Crippen LogP contribution in [-0.2, 0) is 13.1 Å². The molecule has 14 heteroatoms. The summed E-state index contributed by atoms with van der Waals surface area (Å²) in [6.45, 7) is 1.49. The summed E-state index contributed by atoms with van der Waals surface area (Å²) < 4.78 is 75.9. The van der Waals surface area contributed by atoms with E-state index >= 15 is 0 Å². The minimum Gasteiger partial charge on any atom is -0.320 e. The van der Waals surface area contributed by atoms with Crippen molar-refractivity contribution in [2.45, 2.75) is 76.8 Å². The number of anilines is 2. The molecule has 2 saturated carbocycles. The van der Waals surface area contributed by atoms with Crippen molar-refractivity contribution in [1.82, 2.24) is 20.6 Å². The average Bonchev–Trinajstić information content (AvgIpc) is 4.00. The number of nitrogens with zero attached hydrogens (tertiary/aromatic N) is 2. The molecule has 0 unspecified atom stereocenters. The molecule has 52 heavy (non-hydrogen) atoms. The quantitative estimate of drug-likeness (QED) is 0.103. The Morgan fingerprint density at radius 3 is 1.38 bits per heavy atom. The van der Waals surface area contributed by atoms with Crippen LogP contribution in [0.4, 0.5) is 37.7 Å². The number of hydrogen-bond acceptors (Lipinski definition) is 6. The van der Waals surface area contributed by atoms with Crippen LogP contribution in [0.15, 0.2) is 60.9 Å². The minimum atomic E-state index is -4.33. The lowest BCUT2D eigenvalue weighted by atomic mass is 9.94. The molecule has 6 rings (SSSR count). The van der Waals surface area contributed by atoms with Crippen molar-refractivity contribution in [3.8, 4) is 11.1 Å². The molecule has 0 aliphatic heterocycles. The number of pyridine rings is 2. The molecular weight excluding hydrogens is 686 g/mol. The van der Waals surface area contributed by atoms with E-state index in [-0.39, 0.29) is 36.3 Å². The summed E-state index contributed by atoms with van der Waals surface area (Å²) in [5.41, 5.74) is 7.49. The zero-order valence-corrected chi connectivity index (χ0v) is 28.6. The third kappa shape index (κ3) is 9.34. The molecule has 2 amide bonds. The van der Waals surface area contributed by atoms with Gasteiger partial charge < -0.3 is 21.3 Å². The molecule has 0 bridgehead atoms. The third-order valence-electron chi connectivity index (χ3n) is 9.28. The molecule has 0 saturated heterocycles. The molecule has 2 aromatic carbocycles. The number of benzene rings is 2. The zero-order chi connectivity index (χ0) is 37.2. The second kappa shape index (κ2) is 15.0. The van der Waals surface area contributed by atoms with Gasteiger partial charge in [-0.3, -0.25) is 19.6 Å². The summed E-state index contributed by atoms with van der Waals surface area (Å²) >= 11 is 0. The van der Waals surface area contributed by atoms with Gasteiger partial charge in [-0.15, -0.1) is 0 Å². The first-order valence-corrected chi connectivity index (χ1v) is 17.0. The summed E-state index contributed by atoms with van der Waals surface area (Å²) in [7, 11) is 0. The molecule has 2 heterocycles. The topological polar surface area (TPSA) is 108 Å². The molecule has 2 aliphatic carbocycles. The van der Waals surface area contributed by atoms with Gasteiger partial charge in [-0.05, 0) is 120 Å². The Morgan fingerprint density at radius 2 is 1.04 bits per heavy atom. The molecule has 274 valence electrons. The van der Waals surface area contributed by atoms with Crippen molar-refractivity contribution in [3.05, 3.63) is 106 Å². The molecular formula is C38H38F6N6O2. The maximum atomic E-state index is 13.4. The maximum absolute atomic E-state index is 13.4. The van der Waals surface area contributed by atoms with Crippen LogP contribution in [-0.4, -0.2) is 47.2 Å². The summed E-state index contributed by atoms with van der Waals surface area (Å²) in [4.78, 5) is 35.3. The fourth-order valence-electron chi connectivity index (χ4n) is 6.27. The van der Waals surface area contributed by atoms with E-state index in [0.29, 0.717) is 22.5 Å². The van der Waals surface area contributed by atoms with Gasteiger partial charge in [0.05, 0.1) is 13.1 Å². The number of amides is 2. The van der Waals surface area contributed by atoms with Crippen LogP contribution in [0.1, 0.15) is 91.9 Å². The van der Waals surface area contributed by atoms with Gasteiger partial charge in [0.25, 0.3) is 11.8 Å². The van der Waals surface area contributed by atoms with Crippen LogP contribution in [0.2, 0.25) is 0 Å². The van der Waals surface area contributed by atoms with Gasteiger partial charge in [0.15, 0.2) is 0 Å². The predicted octanol–water partition coefficient (Wildman–Crippen LogP) is 8.32. The highest BCUT2D eigenvalue weighted by Gasteiger charge is 2.31. The van der Waals surface area contributed by atoms with Crippen LogP contribution >= 0.6 is 0 Å². The first kappa shape index (κ1) is 37.0. The number of hydrogen-bond donors (Lipinski definition) is 4. The molecule has 0 spiro atoms. The number of nitrogens with one attached hydrogen (secondary N) is 4. The SMILES string of the molecule is Cc1c(NC(=O)c2cc(C3CC3)c(CNCC(F)(F)F)cn2)cccc1-c1cccc(NC(=O)c2cc(C3CC3)c(CNCC(F)(F)F)cn2)c1C. The Hall–Kier alpha value is -4.82. The van der Waals surface area contributed by atoms with Crippen molar-refractivity contribution in [1.29, 1.82) is 0 Å². The van der Waals surface area contributed by atoms with E-state index in [1.807, 2.05) is 26.0 Å². The van der Waals surface area contributed by atoms with Gasteiger partial charge in [0, 0.05) is 36.9 Å². The highest BCUT2D eigenvalue weighted by atomic mass is 19.4. The number of aromatic nitrogens is 2. The fourth-order valence-corrected chi connectivity index (χ4v) is 6.27. The first-order valence-electron chi connectivity index (χ1n) is 17.0. The van der Waals surface area contributed by atoms with Gasteiger partial charge in [0.2, 0.25) is 0 Å². The molecule has 8 nitrogen and oxygen atoms in total. The largest absolute Gasteiger partial charge is 0.401 e. The van der Waals surface area contributed by atoms with E-state index in [1.165, 1.54) is 12.4 Å². The van der Waals surface area contributed by atoms with E-state index < -0.39 is 37.3 Å². The summed E-state index contributed by atoms with van der Waals surface area (Å²) in [6.07, 6.45) is -2.15. The average molecular weight is 725 g/mol. The van der Waals surface area contributed by atoms with E-state index in [9.17, 15) is 35.9 Å². The van der Waals surface area contributed by atoms with Gasteiger partial charge >= 0.3 is 12.4 Å². The Labute approximate surface area is 296 Å². The summed E-state index contributed by atoms with van der Waals surface area (Å²) in [5.74, 6) is -0.533. The highest BCUT2D eigenvalue weighted by Crippen LogP contribution is 2.43. The lowest BCUT2D eigenvalue weighted by Crippen LogP contribution is -2.28. The standard InChI is InChI=1S/C38H38F6N6O2/c1-21-27(5-3-7-31(21)49-35(51)33-13-29(23-9-10-23)25(17-47-33)15-45-19-37(39,40)41)28-6-4-8-32(22(28)2)50-36(52)34-14-30(24-11-12-24)26(18-48-34)16-46-20-38(42,43)44/h3-8,13-14,17-18,23-24,45-46H,9-12,15-16,19-20H2,1-2H3,(H,49,51)(H,50,52). The summed E-state index contributed by atoms with van der Waals surface area (Å²) in [5, 5.41) is 10.7. The first-order chi connectivity index (χ1) is 24.7. The van der Waals surface area contributed by atoms with Crippen LogP contribution in [0.5, 0.6) is 0 Å². The van der Waals surface area contributed by atoms with Crippen LogP contribution in [0, 0.1) is 13.8 Å². The number of halogens is 6. The number of alkyl halides is 6. The normalized spacial score (nSPS) is 14.7. The molecule has 2 fully saturated rings. The van der Waals surface area contributed by atoms with Crippen LogP contribution < -0.4 is 21.3 Å². The third-order valence-corrected chi connectivity index (χ3v) is 9.28. The monoisotopic (exact) mass is 724 g/mol. The highest BCUT2D eigenvalue weighted by molar-refractivity contribution is 6.05. The van der Waals surface area contributed by atoms with Gasteiger partial charge in [-0.1, -0.05) is 24.3 Å². The molecule has 4 N–H and O–H groups in total. The van der Waals surface area contributed by atoms with Crippen molar-refractivity contribution in [2.75, 3.05) is 23.7 Å². The second-order valence-corrected chi connectivity index (χ2v) is 13.4. The van der Waals surface area contributed by atoms with Gasteiger partial charge in [0.1, 0.15) is 11.4 Å². The van der Waals surface area contributed by atoms with E-state index in [2.05, 4.69) is 31.2 Å². The fraction of sp³-hybridized carbons (Fsp3) is 0.368. The zero-order valence-electron chi connectivity index (χ0n) is 28.6. The minimum absolute atomic E-state index is 0.00335. The van der Waals surface area contributed by atoms with Crippen molar-refractivity contribution in [2.24, 2.45) is 0 Å². The molecule has 4 aromatic rings. The van der Waals surface area contributed by atoms with E-state index in [0.717, 1.165) is 59.1 Å². The summed E-state index contributed by atoms with van der Waals surface area (Å²) in [6, 6.07) is 14.3. The molecule has 0 radical (unpaired) electrons. The van der Waals surface area contributed by atoms with Crippen molar-refractivity contribution < 1.29 is 35.9 Å². The Balaban J connectivity index is 1.16. The molecule has 0 atom stereocenters. The lowest BCUT2D eigenvalue weighted by molar-refractivity contribution is -0.125. The number of carbonyl (C=O) groups is 2. The molecule has 2 aliphatic rings. The Bertz CT molecular complexity index is 1830. The lowest BCUT2D eigenvalue weighted by Gasteiger charge is -2.17. The van der Waals surface area contributed by atoms with Gasteiger partial charge in [-0.2, -0.15) is 26.3 Å². The van der Waals surface area contributed by atoms with E-state index in [1.54, 1.807) is 36.4 Å². The number of carbonyl (C=O) groups excluding carboxylic acids is 2. The Morgan fingerprint density at radius 1 is 0.654 bits per heavy atom. The van der Waals surface area contributed by atoms with Crippen LogP contribution in [0.3, 0.4) is 0 Å². The van der Waals surface area contributed by atoms with Crippen LogP contribution in [0.25, 0.3) is 11.1 Å². The smallest absolute Gasteiger partial charge is 0.320 e. The Kier molecular flexibility index (Phi) is 10.7. The van der Waals surface area contributed by atoms with Crippen molar-refractivity contribution in [3.63, 3.8) is 0 Å². The maximum Gasteiger partial charge on any atom is 0.401 e. The van der Waals surface area contributed by atoms with Crippen molar-refractivity contribution >= 4 is 23.2 Å².